The van der Waals surface area contributed by atoms with Crippen LogP contribution in [0.15, 0.2) is 18.2 Å². The van der Waals surface area contributed by atoms with Gasteiger partial charge in [0.2, 0.25) is 0 Å². The van der Waals surface area contributed by atoms with Gasteiger partial charge in [0.1, 0.15) is 13.2 Å². The van der Waals surface area contributed by atoms with Crippen molar-refractivity contribution in [3.8, 4) is 11.5 Å². The van der Waals surface area contributed by atoms with Gasteiger partial charge in [-0.05, 0) is 38.1 Å². The van der Waals surface area contributed by atoms with E-state index in [2.05, 4.69) is 5.32 Å². The number of amides is 1. The zero-order valence-electron chi connectivity index (χ0n) is 12.1. The van der Waals surface area contributed by atoms with Gasteiger partial charge in [-0.2, -0.15) is 0 Å². The van der Waals surface area contributed by atoms with Crippen molar-refractivity contribution >= 4 is 18.3 Å². The average Bonchev–Trinajstić information content (AvgIpc) is 2.95. The molecular formula is C15H21ClN2O3. The van der Waals surface area contributed by atoms with Crippen molar-refractivity contribution in [2.45, 2.75) is 6.42 Å². The number of benzene rings is 1. The van der Waals surface area contributed by atoms with Crippen molar-refractivity contribution < 1.29 is 14.3 Å². The summed E-state index contributed by atoms with van der Waals surface area (Å²) >= 11 is 0. The highest BCUT2D eigenvalue weighted by Crippen LogP contribution is 2.34. The van der Waals surface area contributed by atoms with Gasteiger partial charge >= 0.3 is 0 Å². The SMILES string of the molecule is CNCC1CCN(C(=O)c2cccc3c2OCCO3)C1.Cl. The molecule has 2 aliphatic rings. The van der Waals surface area contributed by atoms with Crippen LogP contribution in [0.3, 0.4) is 0 Å². The Kier molecular flexibility index (Phi) is 5.31. The number of nitrogens with one attached hydrogen (secondary N) is 1. The third-order valence-corrected chi connectivity index (χ3v) is 3.86. The second-order valence-electron chi connectivity index (χ2n) is 5.29. The van der Waals surface area contributed by atoms with Crippen LogP contribution in [0.1, 0.15) is 16.8 Å². The molecule has 5 nitrogen and oxygen atoms in total. The van der Waals surface area contributed by atoms with Crippen LogP contribution < -0.4 is 14.8 Å². The quantitative estimate of drug-likeness (QED) is 0.920. The highest BCUT2D eigenvalue weighted by atomic mass is 35.5. The van der Waals surface area contributed by atoms with Gasteiger partial charge in [-0.25, -0.2) is 0 Å². The molecule has 1 N–H and O–H groups in total. The summed E-state index contributed by atoms with van der Waals surface area (Å²) in [4.78, 5) is 14.6. The van der Waals surface area contributed by atoms with Gasteiger partial charge in [0.15, 0.2) is 11.5 Å². The highest BCUT2D eigenvalue weighted by molar-refractivity contribution is 5.98. The summed E-state index contributed by atoms with van der Waals surface area (Å²) in [6, 6.07) is 5.52. The molecule has 0 aliphatic carbocycles. The molecule has 116 valence electrons. The molecule has 1 aromatic rings. The molecule has 1 fully saturated rings. The maximum atomic E-state index is 12.6. The number of hydrogen-bond donors (Lipinski definition) is 1. The molecule has 0 aromatic heterocycles. The van der Waals surface area contributed by atoms with E-state index in [1.54, 1.807) is 0 Å². The number of carbonyl (C=O) groups excluding carboxylic acids is 1. The Morgan fingerprint density at radius 2 is 2.19 bits per heavy atom. The summed E-state index contributed by atoms with van der Waals surface area (Å²) in [7, 11) is 1.95. The molecule has 0 radical (unpaired) electrons. The number of hydrogen-bond acceptors (Lipinski definition) is 4. The Morgan fingerprint density at radius 3 is 3.00 bits per heavy atom. The smallest absolute Gasteiger partial charge is 0.257 e. The first-order valence-electron chi connectivity index (χ1n) is 7.12. The van der Waals surface area contributed by atoms with E-state index < -0.39 is 0 Å². The second kappa shape index (κ2) is 7.00. The molecule has 6 heteroatoms. The van der Waals surface area contributed by atoms with Crippen molar-refractivity contribution in [2.75, 3.05) is 39.9 Å². The summed E-state index contributed by atoms with van der Waals surface area (Å²) in [5, 5.41) is 3.18. The van der Waals surface area contributed by atoms with E-state index in [-0.39, 0.29) is 18.3 Å². The minimum atomic E-state index is 0. The standard InChI is InChI=1S/C15H20N2O3.ClH/c1-16-9-11-5-6-17(10-11)15(18)12-3-2-4-13-14(12)20-8-7-19-13;/h2-4,11,16H,5-10H2,1H3;1H. The van der Waals surface area contributed by atoms with E-state index in [4.69, 9.17) is 9.47 Å². The van der Waals surface area contributed by atoms with E-state index in [0.717, 1.165) is 26.1 Å². The maximum Gasteiger partial charge on any atom is 0.257 e. The van der Waals surface area contributed by atoms with Crippen LogP contribution in [0, 0.1) is 5.92 Å². The van der Waals surface area contributed by atoms with E-state index >= 15 is 0 Å². The number of nitrogens with zero attached hydrogens (tertiary/aromatic N) is 1. The number of carbonyl (C=O) groups is 1. The first kappa shape index (κ1) is 15.9. The highest BCUT2D eigenvalue weighted by Gasteiger charge is 2.29. The van der Waals surface area contributed by atoms with Crippen LogP contribution >= 0.6 is 12.4 Å². The minimum absolute atomic E-state index is 0. The Morgan fingerprint density at radius 1 is 1.38 bits per heavy atom. The number of halogens is 1. The molecule has 1 atom stereocenters. The predicted molar refractivity (Wildman–Crippen MR) is 82.6 cm³/mol. The van der Waals surface area contributed by atoms with Crippen LogP contribution in [-0.4, -0.2) is 50.7 Å². The number of fused-ring (bicyclic) bond motifs is 1. The fourth-order valence-electron chi connectivity index (χ4n) is 2.88. The number of ether oxygens (including phenoxy) is 2. The lowest BCUT2D eigenvalue weighted by atomic mass is 10.1. The van der Waals surface area contributed by atoms with Crippen LogP contribution in [0.2, 0.25) is 0 Å². The molecule has 1 amide bonds. The minimum Gasteiger partial charge on any atom is -0.486 e. The van der Waals surface area contributed by atoms with Crippen LogP contribution in [-0.2, 0) is 0 Å². The van der Waals surface area contributed by atoms with E-state index in [1.165, 1.54) is 0 Å². The van der Waals surface area contributed by atoms with Crippen molar-refractivity contribution in [3.63, 3.8) is 0 Å². The van der Waals surface area contributed by atoms with Crippen molar-refractivity contribution in [3.05, 3.63) is 23.8 Å². The summed E-state index contributed by atoms with van der Waals surface area (Å²) < 4.78 is 11.2. The summed E-state index contributed by atoms with van der Waals surface area (Å²) in [5.74, 6) is 1.86. The Balaban J connectivity index is 0.00000161. The maximum absolute atomic E-state index is 12.6. The molecular weight excluding hydrogens is 292 g/mol. The van der Waals surface area contributed by atoms with Crippen LogP contribution in [0.25, 0.3) is 0 Å². The van der Waals surface area contributed by atoms with Gasteiger partial charge in [-0.1, -0.05) is 6.07 Å². The first-order valence-corrected chi connectivity index (χ1v) is 7.12. The average molecular weight is 313 g/mol. The van der Waals surface area contributed by atoms with Crippen LogP contribution in [0.4, 0.5) is 0 Å². The largest absolute Gasteiger partial charge is 0.486 e. The third kappa shape index (κ3) is 3.24. The Hall–Kier alpha value is -1.46. The lowest BCUT2D eigenvalue weighted by Crippen LogP contribution is -2.31. The molecule has 0 bridgehead atoms. The van der Waals surface area contributed by atoms with Gasteiger partial charge in [-0.3, -0.25) is 4.79 Å². The van der Waals surface area contributed by atoms with E-state index in [9.17, 15) is 4.79 Å². The zero-order chi connectivity index (χ0) is 13.9. The number of rotatable bonds is 3. The van der Waals surface area contributed by atoms with Gasteiger partial charge < -0.3 is 19.7 Å². The topological polar surface area (TPSA) is 50.8 Å². The molecule has 1 unspecified atom stereocenters. The summed E-state index contributed by atoms with van der Waals surface area (Å²) in [6.07, 6.45) is 1.05. The zero-order valence-corrected chi connectivity index (χ0v) is 12.9. The molecule has 0 spiro atoms. The fourth-order valence-corrected chi connectivity index (χ4v) is 2.88. The molecule has 21 heavy (non-hydrogen) atoms. The lowest BCUT2D eigenvalue weighted by Gasteiger charge is -2.23. The molecule has 0 saturated carbocycles. The van der Waals surface area contributed by atoms with Gasteiger partial charge in [-0.15, -0.1) is 12.4 Å². The number of para-hydroxylation sites is 1. The van der Waals surface area contributed by atoms with Gasteiger partial charge in [0.05, 0.1) is 5.56 Å². The third-order valence-electron chi connectivity index (χ3n) is 3.86. The lowest BCUT2D eigenvalue weighted by molar-refractivity contribution is 0.0776. The molecule has 1 aromatic carbocycles. The monoisotopic (exact) mass is 312 g/mol. The molecule has 1 saturated heterocycles. The second-order valence-corrected chi connectivity index (χ2v) is 5.29. The van der Waals surface area contributed by atoms with Crippen molar-refractivity contribution in [1.82, 2.24) is 10.2 Å². The summed E-state index contributed by atoms with van der Waals surface area (Å²) in [6.45, 7) is 3.62. The first-order chi connectivity index (χ1) is 9.79. The van der Waals surface area contributed by atoms with Gasteiger partial charge in [0.25, 0.3) is 5.91 Å². The van der Waals surface area contributed by atoms with Crippen molar-refractivity contribution in [1.29, 1.82) is 0 Å². The molecule has 2 heterocycles. The molecule has 3 rings (SSSR count). The predicted octanol–water partition coefficient (Wildman–Crippen LogP) is 1.56. The normalized spacial score (nSPS) is 20.0. The van der Waals surface area contributed by atoms with Crippen molar-refractivity contribution in [2.24, 2.45) is 5.92 Å². The van der Waals surface area contributed by atoms with Gasteiger partial charge in [0, 0.05) is 13.1 Å². The Bertz CT molecular complexity index is 510. The number of likely N-dealkylation sites (tertiary alicyclic amines) is 1. The summed E-state index contributed by atoms with van der Waals surface area (Å²) in [5.41, 5.74) is 0.618. The van der Waals surface area contributed by atoms with Crippen LogP contribution in [0.5, 0.6) is 11.5 Å². The molecule has 2 aliphatic heterocycles. The van der Waals surface area contributed by atoms with E-state index in [1.807, 2.05) is 30.1 Å². The Labute approximate surface area is 131 Å². The fraction of sp³-hybridized carbons (Fsp3) is 0.533. The van der Waals surface area contributed by atoms with E-state index in [0.29, 0.717) is 36.2 Å².